The average molecular weight is 479 g/mol. The summed E-state index contributed by atoms with van der Waals surface area (Å²) in [5, 5.41) is 0.0390. The van der Waals surface area contributed by atoms with Crippen LogP contribution in [-0.4, -0.2) is 50.8 Å². The second-order valence-corrected chi connectivity index (χ2v) is 10.1. The van der Waals surface area contributed by atoms with E-state index in [1.54, 1.807) is 12.1 Å². The molecule has 1 fully saturated rings. The molecule has 1 amide bonds. The normalized spacial score (nSPS) is 17.0. The molecule has 1 aliphatic rings. The summed E-state index contributed by atoms with van der Waals surface area (Å²) in [5.74, 6) is -0.915. The van der Waals surface area contributed by atoms with E-state index in [2.05, 4.69) is 0 Å². The van der Waals surface area contributed by atoms with E-state index in [1.807, 2.05) is 32.0 Å². The summed E-state index contributed by atoms with van der Waals surface area (Å²) in [4.78, 5) is 26.5. The minimum atomic E-state index is -3.85. The lowest BCUT2D eigenvalue weighted by molar-refractivity contribution is -0.121. The van der Waals surface area contributed by atoms with Crippen LogP contribution in [0.3, 0.4) is 0 Å². The second-order valence-electron chi connectivity index (χ2n) is 7.81. The van der Waals surface area contributed by atoms with Gasteiger partial charge < -0.3 is 9.64 Å². The predicted molar refractivity (Wildman–Crippen MR) is 123 cm³/mol. The summed E-state index contributed by atoms with van der Waals surface area (Å²) in [7, 11) is -3.85. The van der Waals surface area contributed by atoms with Crippen molar-refractivity contribution < 1.29 is 22.7 Å². The van der Waals surface area contributed by atoms with Crippen LogP contribution in [-0.2, 0) is 19.6 Å². The van der Waals surface area contributed by atoms with Crippen molar-refractivity contribution in [1.29, 1.82) is 0 Å². The van der Waals surface area contributed by atoms with Crippen molar-refractivity contribution in [2.24, 2.45) is 5.92 Å². The maximum absolute atomic E-state index is 13.1. The Morgan fingerprint density at radius 2 is 1.91 bits per heavy atom. The molecule has 0 aliphatic carbocycles. The number of rotatable bonds is 7. The third kappa shape index (κ3) is 5.49. The molecule has 0 radical (unpaired) electrons. The van der Waals surface area contributed by atoms with Crippen molar-refractivity contribution in [3.8, 4) is 0 Å². The van der Waals surface area contributed by atoms with Crippen LogP contribution >= 0.6 is 11.6 Å². The van der Waals surface area contributed by atoms with Crippen molar-refractivity contribution in [1.82, 2.24) is 4.31 Å². The minimum absolute atomic E-state index is 0.0218. The highest BCUT2D eigenvalue weighted by atomic mass is 35.5. The van der Waals surface area contributed by atoms with Gasteiger partial charge in [0.1, 0.15) is 4.90 Å². The van der Waals surface area contributed by atoms with Crippen molar-refractivity contribution in [2.75, 3.05) is 31.1 Å². The quantitative estimate of drug-likeness (QED) is 0.562. The molecule has 1 aliphatic heterocycles. The summed E-state index contributed by atoms with van der Waals surface area (Å²) in [5.41, 5.74) is 0.722. The summed E-state index contributed by atoms with van der Waals surface area (Å²) in [6.07, 6.45) is 1.75. The molecule has 2 aromatic rings. The molecule has 0 N–H and O–H groups in total. The molecule has 172 valence electrons. The Balaban J connectivity index is 1.73. The van der Waals surface area contributed by atoms with Crippen molar-refractivity contribution in [2.45, 2.75) is 31.6 Å². The van der Waals surface area contributed by atoms with Gasteiger partial charge in [-0.3, -0.25) is 4.79 Å². The van der Waals surface area contributed by atoms with Crippen LogP contribution in [0.4, 0.5) is 5.69 Å². The van der Waals surface area contributed by atoms with E-state index in [9.17, 15) is 18.0 Å². The Morgan fingerprint density at radius 3 is 2.56 bits per heavy atom. The molecule has 2 aromatic carbocycles. The third-order valence-corrected chi connectivity index (χ3v) is 7.76. The molecule has 0 saturated carbocycles. The fraction of sp³-hybridized carbons (Fsp3) is 0.391. The van der Waals surface area contributed by atoms with Crippen molar-refractivity contribution >= 4 is 39.2 Å². The van der Waals surface area contributed by atoms with Crippen LogP contribution < -0.4 is 4.90 Å². The number of likely N-dealkylation sites (N-methyl/N-ethyl adjacent to an activating group) is 1. The number of hydrogen-bond donors (Lipinski definition) is 0. The number of ether oxygens (including phenoxy) is 1. The van der Waals surface area contributed by atoms with Crippen molar-refractivity contribution in [3.05, 3.63) is 59.1 Å². The summed E-state index contributed by atoms with van der Waals surface area (Å²) < 4.78 is 32.8. The van der Waals surface area contributed by atoms with E-state index in [-0.39, 0.29) is 27.3 Å². The van der Waals surface area contributed by atoms with Gasteiger partial charge in [-0.2, -0.15) is 4.31 Å². The van der Waals surface area contributed by atoms with Gasteiger partial charge in [0.15, 0.2) is 6.61 Å². The first-order valence-corrected chi connectivity index (χ1v) is 12.4. The zero-order valence-electron chi connectivity index (χ0n) is 18.2. The maximum atomic E-state index is 13.1. The predicted octanol–water partition coefficient (Wildman–Crippen LogP) is 3.97. The van der Waals surface area contributed by atoms with E-state index in [1.165, 1.54) is 27.4 Å². The average Bonchev–Trinajstić information content (AvgIpc) is 2.79. The lowest BCUT2D eigenvalue weighted by Gasteiger charge is -2.30. The molecule has 0 aromatic heterocycles. The lowest BCUT2D eigenvalue weighted by atomic mass is 10.0. The van der Waals surface area contributed by atoms with Gasteiger partial charge in [0.05, 0.1) is 10.6 Å². The molecule has 3 rings (SSSR count). The van der Waals surface area contributed by atoms with E-state index < -0.39 is 22.6 Å². The van der Waals surface area contributed by atoms with Gasteiger partial charge in [0, 0.05) is 25.3 Å². The van der Waals surface area contributed by atoms with Crippen LogP contribution in [0.1, 0.15) is 37.0 Å². The van der Waals surface area contributed by atoms with Crippen LogP contribution in [0.2, 0.25) is 5.02 Å². The van der Waals surface area contributed by atoms with Gasteiger partial charge in [-0.05, 0) is 56.0 Å². The van der Waals surface area contributed by atoms with Gasteiger partial charge in [-0.15, -0.1) is 0 Å². The molecule has 0 bridgehead atoms. The Hall–Kier alpha value is -2.42. The number of para-hydroxylation sites is 1. The highest BCUT2D eigenvalue weighted by molar-refractivity contribution is 7.89. The number of hydrogen-bond acceptors (Lipinski definition) is 5. The molecule has 1 unspecified atom stereocenters. The van der Waals surface area contributed by atoms with Crippen LogP contribution in [0.5, 0.6) is 0 Å². The smallest absolute Gasteiger partial charge is 0.338 e. The van der Waals surface area contributed by atoms with Crippen LogP contribution in [0, 0.1) is 5.92 Å². The van der Waals surface area contributed by atoms with Gasteiger partial charge in [0.2, 0.25) is 10.0 Å². The number of carbonyl (C=O) groups is 2. The zero-order chi connectivity index (χ0) is 23.3. The van der Waals surface area contributed by atoms with Gasteiger partial charge in [0.25, 0.3) is 5.91 Å². The summed E-state index contributed by atoms with van der Waals surface area (Å²) in [6.45, 7) is 4.61. The number of amides is 1. The number of anilines is 1. The fourth-order valence-corrected chi connectivity index (χ4v) is 5.83. The summed E-state index contributed by atoms with van der Waals surface area (Å²) >= 11 is 6.18. The molecule has 0 spiro atoms. The maximum Gasteiger partial charge on any atom is 0.338 e. The first kappa shape index (κ1) is 24.2. The van der Waals surface area contributed by atoms with Crippen LogP contribution in [0.15, 0.2) is 53.4 Å². The first-order chi connectivity index (χ1) is 15.2. The topological polar surface area (TPSA) is 84.0 Å². The standard InChI is InChI=1S/C23H27ClN2O5S/c1-3-26(19-9-5-4-6-10-19)22(27)16-31-23(28)18-11-12-20(24)21(14-18)32(29,30)25-13-7-8-17(2)15-25/h4-6,9-12,14,17H,3,7-8,13,15-16H2,1-2H3. The highest BCUT2D eigenvalue weighted by Crippen LogP contribution is 2.29. The number of sulfonamides is 1. The number of nitrogens with zero attached hydrogens (tertiary/aromatic N) is 2. The number of piperidine rings is 1. The minimum Gasteiger partial charge on any atom is -0.452 e. The monoisotopic (exact) mass is 478 g/mol. The second kappa shape index (κ2) is 10.5. The Labute approximate surface area is 194 Å². The van der Waals surface area contributed by atoms with Gasteiger partial charge in [-0.25, -0.2) is 13.2 Å². The number of benzene rings is 2. The Morgan fingerprint density at radius 1 is 1.19 bits per heavy atom. The molecule has 32 heavy (non-hydrogen) atoms. The largest absolute Gasteiger partial charge is 0.452 e. The Kier molecular flexibility index (Phi) is 7.92. The first-order valence-electron chi connectivity index (χ1n) is 10.6. The molecule has 1 atom stereocenters. The Bertz CT molecular complexity index is 1080. The summed E-state index contributed by atoms with van der Waals surface area (Å²) in [6, 6.07) is 13.0. The lowest BCUT2D eigenvalue weighted by Crippen LogP contribution is -2.39. The molecular weight excluding hydrogens is 452 g/mol. The molecule has 9 heteroatoms. The SMILES string of the molecule is CCN(C(=O)COC(=O)c1ccc(Cl)c(S(=O)(=O)N2CCCC(C)C2)c1)c1ccccc1. The third-order valence-electron chi connectivity index (χ3n) is 5.42. The van der Waals surface area contributed by atoms with E-state index in [0.717, 1.165) is 12.8 Å². The highest BCUT2D eigenvalue weighted by Gasteiger charge is 2.31. The molecule has 1 heterocycles. The van der Waals surface area contributed by atoms with Gasteiger partial charge >= 0.3 is 5.97 Å². The van der Waals surface area contributed by atoms with E-state index in [4.69, 9.17) is 16.3 Å². The van der Waals surface area contributed by atoms with E-state index >= 15 is 0 Å². The molecule has 1 saturated heterocycles. The van der Waals surface area contributed by atoms with Gasteiger partial charge in [-0.1, -0.05) is 36.7 Å². The number of carbonyl (C=O) groups excluding carboxylic acids is 2. The number of esters is 1. The molecular formula is C23H27ClN2O5S. The molecule has 7 nitrogen and oxygen atoms in total. The zero-order valence-corrected chi connectivity index (χ0v) is 19.7. The fourth-order valence-electron chi connectivity index (χ4n) is 3.73. The number of halogens is 1. The van der Waals surface area contributed by atoms with Crippen molar-refractivity contribution in [3.63, 3.8) is 0 Å². The van der Waals surface area contributed by atoms with E-state index in [0.29, 0.717) is 25.3 Å². The van der Waals surface area contributed by atoms with Crippen LogP contribution in [0.25, 0.3) is 0 Å².